The molecule has 10 aromatic rings. The van der Waals surface area contributed by atoms with E-state index < -0.39 is 0 Å². The fraction of sp³-hybridized carbons (Fsp3) is 0.0250. The zero-order valence-electron chi connectivity index (χ0n) is 45.6. The van der Waals surface area contributed by atoms with Gasteiger partial charge in [-0.15, -0.1) is 12.8 Å². The lowest BCUT2D eigenvalue weighted by atomic mass is 9.81. The van der Waals surface area contributed by atoms with Crippen molar-refractivity contribution < 1.29 is 14.3 Å². The molecule has 0 amide bonds. The molecule has 0 unspecified atom stereocenters. The van der Waals surface area contributed by atoms with Crippen LogP contribution in [0.4, 0.5) is 0 Å². The molecule has 0 saturated carbocycles. The van der Waals surface area contributed by atoms with Crippen LogP contribution in [0, 0.1) is 48.4 Å². The summed E-state index contributed by atoms with van der Waals surface area (Å²) in [6.07, 6.45) is 13.2. The van der Waals surface area contributed by atoms with Crippen LogP contribution in [-0.4, -0.2) is 12.1 Å². The first-order chi connectivity index (χ1) is 40.9. The second-order valence-corrected chi connectivity index (χ2v) is 19.7. The van der Waals surface area contributed by atoms with Crippen molar-refractivity contribution in [3.63, 3.8) is 0 Å². The SMILES string of the molecule is C#Cc1ccc(C2=C(c3ccc(C#Cc4ccccc4)cc3)C(c3ccc(Oc4ccc(C(=C(/C=O)c5ccccc5)/C(=C(\CC)c5ccc(C#C)cc5)c5ccc(C#Cc6ccccc6)cc5)cc4)cc3)=C(c3ccccc3)C2=O)cc1. The van der Waals surface area contributed by atoms with E-state index in [-0.39, 0.29) is 5.78 Å². The Morgan fingerprint density at radius 2 is 0.699 bits per heavy atom. The van der Waals surface area contributed by atoms with Gasteiger partial charge >= 0.3 is 0 Å². The maximum atomic E-state index is 15.2. The van der Waals surface area contributed by atoms with Crippen LogP contribution in [0.2, 0.25) is 0 Å². The van der Waals surface area contributed by atoms with Gasteiger partial charge in [0, 0.05) is 66.8 Å². The van der Waals surface area contributed by atoms with Crippen LogP contribution in [0.15, 0.2) is 267 Å². The smallest absolute Gasteiger partial charge is 0.195 e. The number of terminal acetylenes is 2. The largest absolute Gasteiger partial charge is 0.457 e. The Bertz CT molecular complexity index is 4370. The normalized spacial score (nSPS) is 12.3. The second-order valence-electron chi connectivity index (χ2n) is 19.7. The third kappa shape index (κ3) is 11.9. The van der Waals surface area contributed by atoms with E-state index in [1.807, 2.05) is 243 Å². The van der Waals surface area contributed by atoms with E-state index in [4.69, 9.17) is 17.6 Å². The molecule has 0 saturated heterocycles. The Morgan fingerprint density at radius 3 is 1.16 bits per heavy atom. The van der Waals surface area contributed by atoms with Crippen LogP contribution >= 0.6 is 0 Å². The summed E-state index contributed by atoms with van der Waals surface area (Å²) in [5, 5.41) is 0. The van der Waals surface area contributed by atoms with Crippen molar-refractivity contribution in [3.05, 3.63) is 345 Å². The van der Waals surface area contributed by atoms with E-state index in [0.717, 1.165) is 112 Å². The Balaban J connectivity index is 0.983. The van der Waals surface area contributed by atoms with Crippen molar-refractivity contribution in [2.45, 2.75) is 13.3 Å². The monoisotopic (exact) mass is 1060 g/mol. The summed E-state index contributed by atoms with van der Waals surface area (Å²) >= 11 is 0. The fourth-order valence-corrected chi connectivity index (χ4v) is 10.4. The minimum absolute atomic E-state index is 0.0857. The third-order valence-corrected chi connectivity index (χ3v) is 14.5. The number of carbonyl (C=O) groups excluding carboxylic acids is 2. The first kappa shape index (κ1) is 53.5. The van der Waals surface area contributed by atoms with Gasteiger partial charge in [-0.3, -0.25) is 9.59 Å². The maximum Gasteiger partial charge on any atom is 0.195 e. The number of ketones is 1. The van der Waals surface area contributed by atoms with Gasteiger partial charge in [0.25, 0.3) is 0 Å². The van der Waals surface area contributed by atoms with Gasteiger partial charge in [0.1, 0.15) is 11.5 Å². The van der Waals surface area contributed by atoms with E-state index in [1.54, 1.807) is 0 Å². The molecule has 83 heavy (non-hydrogen) atoms. The molecule has 3 heteroatoms. The molecule has 10 aromatic carbocycles. The molecule has 0 radical (unpaired) electrons. The molecule has 0 aliphatic heterocycles. The lowest BCUT2D eigenvalue weighted by Gasteiger charge is -2.22. The van der Waals surface area contributed by atoms with Crippen molar-refractivity contribution in [2.24, 2.45) is 0 Å². The number of aldehydes is 1. The summed E-state index contributed by atoms with van der Waals surface area (Å²) in [5.74, 6) is 19.7. The molecule has 0 aromatic heterocycles. The number of rotatable bonds is 13. The Hall–Kier alpha value is -11.5. The highest BCUT2D eigenvalue weighted by atomic mass is 16.5. The molecule has 3 nitrogen and oxygen atoms in total. The van der Waals surface area contributed by atoms with Crippen LogP contribution in [0.1, 0.15) is 91.2 Å². The van der Waals surface area contributed by atoms with E-state index in [1.165, 1.54) is 0 Å². The Kier molecular flexibility index (Phi) is 16.2. The molecule has 1 aliphatic rings. The lowest BCUT2D eigenvalue weighted by Crippen LogP contribution is -2.02. The van der Waals surface area contributed by atoms with E-state index in [0.29, 0.717) is 34.6 Å². The van der Waals surface area contributed by atoms with Gasteiger partial charge < -0.3 is 4.74 Å². The number of allylic oxidation sites excluding steroid dienone is 8. The number of hydrogen-bond donors (Lipinski definition) is 0. The summed E-state index contributed by atoms with van der Waals surface area (Å²) in [7, 11) is 0. The Morgan fingerprint density at radius 1 is 0.361 bits per heavy atom. The molecule has 0 fully saturated rings. The summed E-state index contributed by atoms with van der Waals surface area (Å²) in [6, 6.07) is 87.1. The Labute approximate surface area is 486 Å². The summed E-state index contributed by atoms with van der Waals surface area (Å²) in [6.45, 7) is 2.13. The molecular formula is C80H52O3. The zero-order chi connectivity index (χ0) is 56.9. The molecule has 0 bridgehead atoms. The maximum absolute atomic E-state index is 15.2. The van der Waals surface area contributed by atoms with Crippen LogP contribution in [0.5, 0.6) is 11.5 Å². The molecule has 1 aliphatic carbocycles. The summed E-state index contributed by atoms with van der Waals surface area (Å²) in [4.78, 5) is 28.9. The van der Waals surface area contributed by atoms with Crippen molar-refractivity contribution in [3.8, 4) is 59.9 Å². The van der Waals surface area contributed by atoms with Gasteiger partial charge in [0.2, 0.25) is 0 Å². The van der Waals surface area contributed by atoms with Gasteiger partial charge in [-0.05, 0) is 159 Å². The lowest BCUT2D eigenvalue weighted by molar-refractivity contribution is -0.108. The minimum atomic E-state index is -0.0857. The van der Waals surface area contributed by atoms with Crippen LogP contribution in [-0.2, 0) is 9.59 Å². The molecule has 0 atom stereocenters. The van der Waals surface area contributed by atoms with E-state index in [9.17, 15) is 4.79 Å². The summed E-state index contributed by atoms with van der Waals surface area (Å²) < 4.78 is 6.65. The topological polar surface area (TPSA) is 43.4 Å². The molecule has 0 spiro atoms. The van der Waals surface area contributed by atoms with E-state index >= 15 is 4.79 Å². The van der Waals surface area contributed by atoms with Gasteiger partial charge in [-0.1, -0.05) is 212 Å². The first-order valence-corrected chi connectivity index (χ1v) is 27.3. The van der Waals surface area contributed by atoms with Crippen LogP contribution < -0.4 is 4.74 Å². The highest BCUT2D eigenvalue weighted by molar-refractivity contribution is 6.59. The van der Waals surface area contributed by atoms with Crippen molar-refractivity contribution in [1.82, 2.24) is 0 Å². The molecule has 0 heterocycles. The van der Waals surface area contributed by atoms with E-state index in [2.05, 4.69) is 66.7 Å². The second kappa shape index (κ2) is 25.1. The van der Waals surface area contributed by atoms with Gasteiger partial charge in [0.05, 0.1) is 0 Å². The van der Waals surface area contributed by atoms with Gasteiger partial charge in [-0.25, -0.2) is 0 Å². The number of Topliss-reactive ketones (excluding diaryl/α,β-unsaturated/α-hetero) is 1. The summed E-state index contributed by atoms with van der Waals surface area (Å²) in [5.41, 5.74) is 17.9. The third-order valence-electron chi connectivity index (χ3n) is 14.5. The predicted molar refractivity (Wildman–Crippen MR) is 341 cm³/mol. The molecule has 0 N–H and O–H groups in total. The fourth-order valence-electron chi connectivity index (χ4n) is 10.4. The van der Waals surface area contributed by atoms with Crippen molar-refractivity contribution in [1.29, 1.82) is 0 Å². The number of carbonyl (C=O) groups is 2. The number of benzene rings is 10. The molecule has 390 valence electrons. The average Bonchev–Trinajstić information content (AvgIpc) is 4.00. The molecule has 11 rings (SSSR count). The minimum Gasteiger partial charge on any atom is -0.457 e. The number of ether oxygens (including phenoxy) is 1. The molecular weight excluding hydrogens is 1010 g/mol. The predicted octanol–water partition coefficient (Wildman–Crippen LogP) is 17.5. The standard InChI is InChI=1S/C80H52O3/c1-4-56-31-39-63(40-32-56)72(6-3)74(65-43-35-60(36-44-65)29-27-58-19-11-7-12-20-58)75(73(55-81)62-23-15-9-16-24-62)66-47-51-70(52-48-66)83-71-53-49-68(50-54-71)77-76(67-45-37-61(38-46-67)30-28-59-21-13-8-14-22-59)79(69-41-33-57(5-2)34-42-69)80(82)78(77)64-25-17-10-18-26-64/h1-2,7-26,31-55H,6H2,3H3/b74-72+,75-73+. The zero-order valence-corrected chi connectivity index (χ0v) is 45.6. The highest BCUT2D eigenvalue weighted by Crippen LogP contribution is 2.50. The van der Waals surface area contributed by atoms with Crippen LogP contribution in [0.25, 0.3) is 44.6 Å². The van der Waals surface area contributed by atoms with Crippen molar-refractivity contribution >= 4 is 56.7 Å². The quantitative estimate of drug-likeness (QED) is 0.0380. The first-order valence-electron chi connectivity index (χ1n) is 27.3. The van der Waals surface area contributed by atoms with Gasteiger partial charge in [0.15, 0.2) is 12.1 Å². The average molecular weight is 1060 g/mol. The number of hydrogen-bond acceptors (Lipinski definition) is 3. The van der Waals surface area contributed by atoms with Crippen molar-refractivity contribution in [2.75, 3.05) is 0 Å². The van der Waals surface area contributed by atoms with Crippen LogP contribution in [0.3, 0.4) is 0 Å². The highest BCUT2D eigenvalue weighted by Gasteiger charge is 2.35. The van der Waals surface area contributed by atoms with Gasteiger partial charge in [-0.2, -0.15) is 0 Å².